The van der Waals surface area contributed by atoms with Gasteiger partial charge in [-0.05, 0) is 61.9 Å². The summed E-state index contributed by atoms with van der Waals surface area (Å²) >= 11 is 0. The minimum Gasteiger partial charge on any atom is -0.423 e. The first kappa shape index (κ1) is 23.3. The second-order valence-corrected chi connectivity index (χ2v) is 6.98. The summed E-state index contributed by atoms with van der Waals surface area (Å²) in [5, 5.41) is 5.96. The molecule has 2 N–H and O–H groups in total. The third-order valence-electron chi connectivity index (χ3n) is 4.16. The number of esters is 1. The summed E-state index contributed by atoms with van der Waals surface area (Å²) in [6.07, 6.45) is 3.22. The second kappa shape index (κ2) is 11.3. The zero-order chi connectivity index (χ0) is 22.8. The molecule has 1 amide bonds. The van der Waals surface area contributed by atoms with Gasteiger partial charge in [0.25, 0.3) is 0 Å². The third-order valence-corrected chi connectivity index (χ3v) is 4.16. The molecule has 0 bridgehead atoms. The van der Waals surface area contributed by atoms with E-state index in [0.29, 0.717) is 35.5 Å². The molecule has 0 spiro atoms. The van der Waals surface area contributed by atoms with E-state index in [0.717, 1.165) is 11.3 Å². The highest BCUT2D eigenvalue weighted by Gasteiger charge is 2.07. The minimum absolute atomic E-state index is 0.158. The molecule has 0 radical (unpaired) electrons. The van der Waals surface area contributed by atoms with Crippen LogP contribution in [0.4, 0.5) is 5.69 Å². The van der Waals surface area contributed by atoms with Crippen molar-refractivity contribution in [2.75, 3.05) is 18.4 Å². The average Bonchev–Trinajstić information content (AvgIpc) is 2.76. The van der Waals surface area contributed by atoms with Crippen molar-refractivity contribution >= 4 is 29.4 Å². The standard InChI is InChI=1S/C25H26N2O4/c1-17(2)24(29)27-16-15-26-21-10-5-19(6-11-21)7-14-23(28)20-8-12-22(13-9-20)31-25(30)18(3)4/h5-14,26H,1,3,15-16H2,2,4H3,(H,27,29)/b14-7+. The molecule has 0 saturated carbocycles. The lowest BCUT2D eigenvalue weighted by Gasteiger charge is -2.08. The van der Waals surface area contributed by atoms with E-state index in [9.17, 15) is 14.4 Å². The number of ketones is 1. The summed E-state index contributed by atoms with van der Waals surface area (Å²) in [6.45, 7) is 11.4. The molecular formula is C25H26N2O4. The van der Waals surface area contributed by atoms with Gasteiger partial charge in [0, 0.05) is 35.5 Å². The number of allylic oxidation sites excluding steroid dienone is 1. The highest BCUT2D eigenvalue weighted by molar-refractivity contribution is 6.06. The Morgan fingerprint density at radius 3 is 2.13 bits per heavy atom. The summed E-state index contributed by atoms with van der Waals surface area (Å²) in [5.41, 5.74) is 3.06. The fourth-order valence-electron chi connectivity index (χ4n) is 2.40. The van der Waals surface area contributed by atoms with E-state index >= 15 is 0 Å². The summed E-state index contributed by atoms with van der Waals surface area (Å²) in [6, 6.07) is 13.9. The number of ether oxygens (including phenoxy) is 1. The molecule has 0 aliphatic rings. The van der Waals surface area contributed by atoms with E-state index in [-0.39, 0.29) is 11.7 Å². The fourth-order valence-corrected chi connectivity index (χ4v) is 2.40. The highest BCUT2D eigenvalue weighted by Crippen LogP contribution is 2.15. The second-order valence-electron chi connectivity index (χ2n) is 6.98. The summed E-state index contributed by atoms with van der Waals surface area (Å²) < 4.78 is 5.11. The number of amides is 1. The Labute approximate surface area is 182 Å². The lowest BCUT2D eigenvalue weighted by molar-refractivity contribution is -0.130. The van der Waals surface area contributed by atoms with Crippen molar-refractivity contribution < 1.29 is 19.1 Å². The van der Waals surface area contributed by atoms with E-state index in [4.69, 9.17) is 4.74 Å². The molecule has 2 rings (SSSR count). The number of carbonyl (C=O) groups is 3. The predicted molar refractivity (Wildman–Crippen MR) is 123 cm³/mol. The molecule has 0 unspecified atom stereocenters. The van der Waals surface area contributed by atoms with Crippen LogP contribution in [0.2, 0.25) is 0 Å². The molecule has 0 aromatic heterocycles. The van der Waals surface area contributed by atoms with E-state index in [1.807, 2.05) is 24.3 Å². The predicted octanol–water partition coefficient (Wildman–Crippen LogP) is 4.17. The van der Waals surface area contributed by atoms with Gasteiger partial charge in [-0.3, -0.25) is 9.59 Å². The highest BCUT2D eigenvalue weighted by atomic mass is 16.5. The summed E-state index contributed by atoms with van der Waals surface area (Å²) in [7, 11) is 0. The van der Waals surface area contributed by atoms with Gasteiger partial charge in [-0.2, -0.15) is 0 Å². The van der Waals surface area contributed by atoms with Crippen LogP contribution in [-0.4, -0.2) is 30.7 Å². The number of anilines is 1. The average molecular weight is 418 g/mol. The van der Waals surface area contributed by atoms with Gasteiger partial charge in [0.05, 0.1) is 0 Å². The monoisotopic (exact) mass is 418 g/mol. The smallest absolute Gasteiger partial charge is 0.338 e. The SMILES string of the molecule is C=C(C)C(=O)NCCNc1ccc(/C=C/C(=O)c2ccc(OC(=O)C(=C)C)cc2)cc1. The van der Waals surface area contributed by atoms with Crippen molar-refractivity contribution in [2.24, 2.45) is 0 Å². The van der Waals surface area contributed by atoms with Gasteiger partial charge >= 0.3 is 5.97 Å². The summed E-state index contributed by atoms with van der Waals surface area (Å²) in [5.74, 6) is -0.466. The Morgan fingerprint density at radius 2 is 1.55 bits per heavy atom. The minimum atomic E-state index is -0.506. The van der Waals surface area contributed by atoms with Crippen LogP contribution in [0.15, 0.2) is 78.9 Å². The zero-order valence-corrected chi connectivity index (χ0v) is 17.7. The van der Waals surface area contributed by atoms with E-state index in [2.05, 4.69) is 23.8 Å². The molecule has 31 heavy (non-hydrogen) atoms. The Bertz CT molecular complexity index is 1000. The largest absolute Gasteiger partial charge is 0.423 e. The molecule has 0 aliphatic heterocycles. The quantitative estimate of drug-likeness (QED) is 0.199. The molecule has 2 aromatic carbocycles. The maximum atomic E-state index is 12.3. The maximum Gasteiger partial charge on any atom is 0.338 e. The van der Waals surface area contributed by atoms with Crippen LogP contribution in [0.5, 0.6) is 5.75 Å². The maximum absolute atomic E-state index is 12.3. The van der Waals surface area contributed by atoms with Crippen LogP contribution in [0.3, 0.4) is 0 Å². The number of benzene rings is 2. The van der Waals surface area contributed by atoms with Crippen molar-refractivity contribution in [1.29, 1.82) is 0 Å². The Hall–Kier alpha value is -3.93. The van der Waals surface area contributed by atoms with Crippen molar-refractivity contribution in [1.82, 2.24) is 5.32 Å². The van der Waals surface area contributed by atoms with E-state index in [1.165, 1.54) is 6.08 Å². The first-order chi connectivity index (χ1) is 14.8. The Morgan fingerprint density at radius 1 is 0.903 bits per heavy atom. The number of rotatable bonds is 10. The van der Waals surface area contributed by atoms with Gasteiger partial charge in [0.2, 0.25) is 5.91 Å². The molecule has 0 heterocycles. The molecule has 0 atom stereocenters. The van der Waals surface area contributed by atoms with Crippen molar-refractivity contribution in [2.45, 2.75) is 13.8 Å². The topological polar surface area (TPSA) is 84.5 Å². The zero-order valence-electron chi connectivity index (χ0n) is 17.7. The normalized spacial score (nSPS) is 10.4. The van der Waals surface area contributed by atoms with Crippen LogP contribution in [0, 0.1) is 0 Å². The fraction of sp³-hybridized carbons (Fsp3) is 0.160. The first-order valence-electron chi connectivity index (χ1n) is 9.74. The Kier molecular flexibility index (Phi) is 8.52. The molecule has 0 fully saturated rings. The first-order valence-corrected chi connectivity index (χ1v) is 9.74. The number of hydrogen-bond acceptors (Lipinski definition) is 5. The van der Waals surface area contributed by atoms with Crippen LogP contribution in [-0.2, 0) is 9.59 Å². The molecule has 0 saturated heterocycles. The molecule has 6 heteroatoms. The van der Waals surface area contributed by atoms with Crippen LogP contribution in [0.1, 0.15) is 29.8 Å². The molecular weight excluding hydrogens is 392 g/mol. The number of hydrogen-bond donors (Lipinski definition) is 2. The van der Waals surface area contributed by atoms with Gasteiger partial charge in [0.15, 0.2) is 5.78 Å². The van der Waals surface area contributed by atoms with Crippen molar-refractivity contribution in [3.8, 4) is 5.75 Å². The summed E-state index contributed by atoms with van der Waals surface area (Å²) in [4.78, 5) is 35.3. The molecule has 160 valence electrons. The lowest BCUT2D eigenvalue weighted by atomic mass is 10.1. The number of nitrogens with one attached hydrogen (secondary N) is 2. The molecule has 0 aliphatic carbocycles. The van der Waals surface area contributed by atoms with Crippen molar-refractivity contribution in [3.63, 3.8) is 0 Å². The van der Waals surface area contributed by atoms with Gasteiger partial charge in [-0.1, -0.05) is 31.4 Å². The molecule has 6 nitrogen and oxygen atoms in total. The Balaban J connectivity index is 1.85. The van der Waals surface area contributed by atoms with E-state index < -0.39 is 5.97 Å². The van der Waals surface area contributed by atoms with Gasteiger partial charge in [-0.25, -0.2) is 4.79 Å². The van der Waals surface area contributed by atoms with Crippen LogP contribution >= 0.6 is 0 Å². The van der Waals surface area contributed by atoms with Gasteiger partial charge in [-0.15, -0.1) is 0 Å². The van der Waals surface area contributed by atoms with Crippen LogP contribution in [0.25, 0.3) is 6.08 Å². The van der Waals surface area contributed by atoms with Gasteiger partial charge in [0.1, 0.15) is 5.75 Å². The van der Waals surface area contributed by atoms with Crippen molar-refractivity contribution in [3.05, 3.63) is 90.0 Å². The number of carbonyl (C=O) groups excluding carboxylic acids is 3. The molecule has 2 aromatic rings. The lowest BCUT2D eigenvalue weighted by Crippen LogP contribution is -2.28. The van der Waals surface area contributed by atoms with E-state index in [1.54, 1.807) is 44.2 Å². The van der Waals surface area contributed by atoms with Gasteiger partial charge < -0.3 is 15.4 Å². The van der Waals surface area contributed by atoms with Crippen LogP contribution < -0.4 is 15.4 Å². The third kappa shape index (κ3) is 7.78.